The molecule has 0 bridgehead atoms. The van der Waals surface area contributed by atoms with Crippen molar-refractivity contribution in [1.82, 2.24) is 15.1 Å². The molecule has 0 saturated carbocycles. The van der Waals surface area contributed by atoms with E-state index in [4.69, 9.17) is 4.52 Å². The third-order valence-electron chi connectivity index (χ3n) is 4.04. The number of anilines is 1. The number of hydrogen-bond acceptors (Lipinski definition) is 6. The molecule has 0 saturated heterocycles. The van der Waals surface area contributed by atoms with Crippen LogP contribution in [0.25, 0.3) is 10.2 Å². The Morgan fingerprint density at radius 3 is 2.73 bits per heavy atom. The number of nitrogens with zero attached hydrogens (tertiary/aromatic N) is 3. The Hall–Kier alpha value is -1.95. The number of hydrogen-bond donors (Lipinski definition) is 1. The summed E-state index contributed by atoms with van der Waals surface area (Å²) in [7, 11) is 0. The second-order valence-corrected chi connectivity index (χ2v) is 6.72. The number of fused-ring (bicyclic) bond motifs is 1. The van der Waals surface area contributed by atoms with E-state index in [0.717, 1.165) is 46.9 Å². The van der Waals surface area contributed by atoms with E-state index < -0.39 is 0 Å². The maximum absolute atomic E-state index is 5.20. The highest BCUT2D eigenvalue weighted by molar-refractivity contribution is 7.18. The highest BCUT2D eigenvalue weighted by Gasteiger charge is 2.12. The van der Waals surface area contributed by atoms with Gasteiger partial charge in [-0.1, -0.05) is 5.16 Å². The van der Waals surface area contributed by atoms with Crippen molar-refractivity contribution in [3.05, 3.63) is 33.8 Å². The third kappa shape index (κ3) is 2.70. The molecule has 0 aliphatic carbocycles. The minimum atomic E-state index is 0.866. The number of rotatable bonds is 5. The fourth-order valence-corrected chi connectivity index (χ4v) is 3.64. The molecule has 5 nitrogen and oxygen atoms in total. The van der Waals surface area contributed by atoms with Crippen molar-refractivity contribution in [3.8, 4) is 0 Å². The number of aryl methyl sites for hydroxylation is 4. The predicted octanol–water partition coefficient (Wildman–Crippen LogP) is 3.96. The summed E-state index contributed by atoms with van der Waals surface area (Å²) in [6, 6.07) is 0. The van der Waals surface area contributed by atoms with Gasteiger partial charge < -0.3 is 9.84 Å². The number of thiophene rings is 1. The van der Waals surface area contributed by atoms with Crippen LogP contribution in [-0.2, 0) is 6.42 Å². The molecule has 22 heavy (non-hydrogen) atoms. The van der Waals surface area contributed by atoms with Crippen molar-refractivity contribution < 1.29 is 4.52 Å². The van der Waals surface area contributed by atoms with Gasteiger partial charge in [0.05, 0.1) is 11.1 Å². The Kier molecular flexibility index (Phi) is 4.11. The van der Waals surface area contributed by atoms with Gasteiger partial charge in [-0.3, -0.25) is 0 Å². The van der Waals surface area contributed by atoms with E-state index in [1.807, 2.05) is 13.8 Å². The summed E-state index contributed by atoms with van der Waals surface area (Å²) < 4.78 is 5.20. The van der Waals surface area contributed by atoms with Crippen molar-refractivity contribution >= 4 is 27.4 Å². The molecule has 3 aromatic heterocycles. The summed E-state index contributed by atoms with van der Waals surface area (Å²) in [4.78, 5) is 11.1. The molecule has 0 fully saturated rings. The minimum Gasteiger partial charge on any atom is -0.369 e. The second kappa shape index (κ2) is 6.04. The predicted molar refractivity (Wildman–Crippen MR) is 89.7 cm³/mol. The molecule has 1 N–H and O–H groups in total. The van der Waals surface area contributed by atoms with Crippen LogP contribution in [0.4, 0.5) is 5.82 Å². The van der Waals surface area contributed by atoms with Crippen molar-refractivity contribution in [1.29, 1.82) is 0 Å². The van der Waals surface area contributed by atoms with Crippen molar-refractivity contribution in [2.45, 2.75) is 40.5 Å². The Morgan fingerprint density at radius 2 is 2.00 bits per heavy atom. The van der Waals surface area contributed by atoms with Crippen LogP contribution in [0.2, 0.25) is 0 Å². The lowest BCUT2D eigenvalue weighted by Gasteiger charge is -2.07. The molecule has 0 aliphatic rings. The van der Waals surface area contributed by atoms with Crippen LogP contribution in [0.15, 0.2) is 10.9 Å². The van der Waals surface area contributed by atoms with Gasteiger partial charge in [-0.2, -0.15) is 0 Å². The first-order valence-electron chi connectivity index (χ1n) is 7.44. The quantitative estimate of drug-likeness (QED) is 0.722. The molecular formula is C16H20N4OS. The average molecular weight is 316 g/mol. The second-order valence-electron chi connectivity index (χ2n) is 5.52. The fraction of sp³-hybridized carbons (Fsp3) is 0.438. The lowest BCUT2D eigenvalue weighted by Crippen LogP contribution is -2.06. The van der Waals surface area contributed by atoms with E-state index in [-0.39, 0.29) is 0 Å². The van der Waals surface area contributed by atoms with Gasteiger partial charge in [0.1, 0.15) is 22.7 Å². The molecule has 0 aliphatic heterocycles. The molecule has 3 heterocycles. The Morgan fingerprint density at radius 1 is 1.18 bits per heavy atom. The summed E-state index contributed by atoms with van der Waals surface area (Å²) in [5.41, 5.74) is 3.48. The van der Waals surface area contributed by atoms with Crippen LogP contribution in [-0.4, -0.2) is 21.7 Å². The standard InChI is InChI=1S/C16H20N4OS/c1-9-12(4)22-16-14(9)15(18-8-19-16)17-7-5-6-13-10(2)20-21-11(13)3/h8H,5-7H2,1-4H3,(H,17,18,19). The number of aromatic nitrogens is 3. The zero-order chi connectivity index (χ0) is 15.7. The summed E-state index contributed by atoms with van der Waals surface area (Å²) in [6.45, 7) is 9.08. The molecule has 3 aromatic rings. The molecule has 0 spiro atoms. The molecule has 6 heteroatoms. The van der Waals surface area contributed by atoms with Crippen LogP contribution in [0.3, 0.4) is 0 Å². The van der Waals surface area contributed by atoms with Crippen LogP contribution >= 0.6 is 11.3 Å². The van der Waals surface area contributed by atoms with Crippen LogP contribution < -0.4 is 5.32 Å². The summed E-state index contributed by atoms with van der Waals surface area (Å²) >= 11 is 1.72. The molecule has 0 aromatic carbocycles. The van der Waals surface area contributed by atoms with Gasteiger partial charge in [0, 0.05) is 17.0 Å². The van der Waals surface area contributed by atoms with Crippen molar-refractivity contribution in [2.24, 2.45) is 0 Å². The van der Waals surface area contributed by atoms with Crippen LogP contribution in [0, 0.1) is 27.7 Å². The van der Waals surface area contributed by atoms with Gasteiger partial charge >= 0.3 is 0 Å². The maximum Gasteiger partial charge on any atom is 0.138 e. The molecule has 0 unspecified atom stereocenters. The van der Waals surface area contributed by atoms with Crippen molar-refractivity contribution in [3.63, 3.8) is 0 Å². The highest BCUT2D eigenvalue weighted by Crippen LogP contribution is 2.32. The van der Waals surface area contributed by atoms with E-state index in [2.05, 4.69) is 34.3 Å². The maximum atomic E-state index is 5.20. The molecule has 116 valence electrons. The molecule has 0 amide bonds. The van der Waals surface area contributed by atoms with E-state index in [0.29, 0.717) is 0 Å². The lowest BCUT2D eigenvalue weighted by atomic mass is 10.1. The monoisotopic (exact) mass is 316 g/mol. The smallest absolute Gasteiger partial charge is 0.138 e. The summed E-state index contributed by atoms with van der Waals surface area (Å²) in [6.07, 6.45) is 3.61. The first kappa shape index (κ1) is 15.0. The summed E-state index contributed by atoms with van der Waals surface area (Å²) in [5.74, 6) is 1.86. The number of nitrogens with one attached hydrogen (secondary N) is 1. The van der Waals surface area contributed by atoms with E-state index >= 15 is 0 Å². The lowest BCUT2D eigenvalue weighted by molar-refractivity contribution is 0.392. The average Bonchev–Trinajstić information content (AvgIpc) is 2.97. The van der Waals surface area contributed by atoms with Gasteiger partial charge in [0.25, 0.3) is 0 Å². The SMILES string of the molecule is Cc1noc(C)c1CCCNc1ncnc2sc(C)c(C)c12. The van der Waals surface area contributed by atoms with E-state index in [1.54, 1.807) is 17.7 Å². The first-order chi connectivity index (χ1) is 10.6. The molecular weight excluding hydrogens is 296 g/mol. The third-order valence-corrected chi connectivity index (χ3v) is 5.16. The van der Waals surface area contributed by atoms with Gasteiger partial charge in [-0.05, 0) is 46.1 Å². The van der Waals surface area contributed by atoms with Crippen LogP contribution in [0.5, 0.6) is 0 Å². The van der Waals surface area contributed by atoms with Gasteiger partial charge in [0.15, 0.2) is 0 Å². The normalized spacial score (nSPS) is 11.3. The Labute approximate surface area is 133 Å². The largest absolute Gasteiger partial charge is 0.369 e. The topological polar surface area (TPSA) is 63.8 Å². The van der Waals surface area contributed by atoms with Crippen molar-refractivity contribution in [2.75, 3.05) is 11.9 Å². The zero-order valence-corrected chi connectivity index (χ0v) is 14.2. The highest BCUT2D eigenvalue weighted by atomic mass is 32.1. The molecule has 0 atom stereocenters. The Balaban J connectivity index is 1.67. The van der Waals surface area contributed by atoms with Gasteiger partial charge in [-0.15, -0.1) is 11.3 Å². The van der Waals surface area contributed by atoms with Gasteiger partial charge in [0.2, 0.25) is 0 Å². The fourth-order valence-electron chi connectivity index (χ4n) is 2.65. The first-order valence-corrected chi connectivity index (χ1v) is 8.26. The zero-order valence-electron chi connectivity index (χ0n) is 13.4. The Bertz CT molecular complexity index is 786. The van der Waals surface area contributed by atoms with Gasteiger partial charge in [-0.25, -0.2) is 9.97 Å². The molecule has 3 rings (SSSR count). The molecule has 0 radical (unpaired) electrons. The van der Waals surface area contributed by atoms with E-state index in [9.17, 15) is 0 Å². The summed E-state index contributed by atoms with van der Waals surface area (Å²) in [5, 5.41) is 8.60. The van der Waals surface area contributed by atoms with Crippen LogP contribution in [0.1, 0.15) is 33.9 Å². The van der Waals surface area contributed by atoms with E-state index in [1.165, 1.54) is 16.0 Å². The minimum absolute atomic E-state index is 0.866.